The van der Waals surface area contributed by atoms with Gasteiger partial charge in [0.15, 0.2) is 0 Å². The van der Waals surface area contributed by atoms with Crippen molar-refractivity contribution >= 4 is 5.97 Å². The zero-order valence-corrected chi connectivity index (χ0v) is 14.4. The lowest BCUT2D eigenvalue weighted by atomic mass is 9.70. The first-order chi connectivity index (χ1) is 11.6. The van der Waals surface area contributed by atoms with E-state index in [1.165, 1.54) is 11.1 Å². The van der Waals surface area contributed by atoms with Crippen LogP contribution in [-0.4, -0.2) is 49.3 Å². The Bertz CT molecular complexity index is 642. The van der Waals surface area contributed by atoms with E-state index in [1.807, 2.05) is 0 Å². The van der Waals surface area contributed by atoms with Gasteiger partial charge in [-0.05, 0) is 49.0 Å². The second kappa shape index (κ2) is 7.26. The largest absolute Gasteiger partial charge is 0.512 e. The fraction of sp³-hybridized carbons (Fsp3) is 0.526. The molecule has 3 aliphatic rings. The smallest absolute Gasteiger partial charge is 0.338 e. The monoisotopic (exact) mass is 331 g/mol. The lowest BCUT2D eigenvalue weighted by molar-refractivity contribution is -0.139. The summed E-state index contributed by atoms with van der Waals surface area (Å²) in [6, 6.07) is 0. The van der Waals surface area contributed by atoms with Crippen molar-refractivity contribution in [3.63, 3.8) is 0 Å². The Kier molecular flexibility index (Phi) is 5.09. The zero-order chi connectivity index (χ0) is 17.1. The molecule has 24 heavy (non-hydrogen) atoms. The van der Waals surface area contributed by atoms with Crippen LogP contribution in [0.4, 0.5) is 0 Å². The van der Waals surface area contributed by atoms with E-state index in [2.05, 4.69) is 23.1 Å². The lowest BCUT2D eigenvalue weighted by Gasteiger charge is -2.36. The van der Waals surface area contributed by atoms with Crippen molar-refractivity contribution < 1.29 is 19.4 Å². The van der Waals surface area contributed by atoms with Gasteiger partial charge in [-0.15, -0.1) is 0 Å². The van der Waals surface area contributed by atoms with Gasteiger partial charge in [0.05, 0.1) is 19.3 Å². The van der Waals surface area contributed by atoms with Gasteiger partial charge in [-0.2, -0.15) is 0 Å². The van der Waals surface area contributed by atoms with E-state index in [-0.39, 0.29) is 5.76 Å². The van der Waals surface area contributed by atoms with Crippen LogP contribution in [-0.2, 0) is 14.3 Å². The van der Waals surface area contributed by atoms with E-state index in [0.717, 1.165) is 31.7 Å². The van der Waals surface area contributed by atoms with Crippen LogP contribution in [0.15, 0.2) is 46.5 Å². The second-order valence-corrected chi connectivity index (χ2v) is 6.41. The summed E-state index contributed by atoms with van der Waals surface area (Å²) in [5.74, 6) is 1.35. The average Bonchev–Trinajstić information content (AvgIpc) is 2.57. The van der Waals surface area contributed by atoms with Crippen molar-refractivity contribution in [3.8, 4) is 0 Å². The summed E-state index contributed by atoms with van der Waals surface area (Å²) in [5, 5.41) is 9.94. The fourth-order valence-electron chi connectivity index (χ4n) is 3.46. The molecule has 0 spiro atoms. The Morgan fingerprint density at radius 3 is 3.08 bits per heavy atom. The number of carbonyl (C=O) groups excluding carboxylic acids is 1. The van der Waals surface area contributed by atoms with Crippen LogP contribution in [0, 0.1) is 5.92 Å². The van der Waals surface area contributed by atoms with E-state index >= 15 is 0 Å². The predicted octanol–water partition coefficient (Wildman–Crippen LogP) is 2.87. The highest BCUT2D eigenvalue weighted by atomic mass is 16.5. The van der Waals surface area contributed by atoms with Crippen LogP contribution >= 0.6 is 0 Å². The molecule has 0 aromatic rings. The summed E-state index contributed by atoms with van der Waals surface area (Å²) in [6.45, 7) is 4.07. The van der Waals surface area contributed by atoms with Crippen molar-refractivity contribution in [2.45, 2.75) is 26.2 Å². The third-order valence-electron chi connectivity index (χ3n) is 4.93. The molecule has 1 heterocycles. The third kappa shape index (κ3) is 3.41. The molecule has 0 amide bonds. The molecule has 1 aliphatic heterocycles. The van der Waals surface area contributed by atoms with E-state index in [4.69, 9.17) is 9.47 Å². The zero-order valence-electron chi connectivity index (χ0n) is 14.4. The SMILES string of the molecule is CCOC(=O)C1=C(O)CCN(CC=C2CC3CC=C(OC)C=C23)C1. The van der Waals surface area contributed by atoms with Crippen LogP contribution in [0.25, 0.3) is 0 Å². The van der Waals surface area contributed by atoms with Gasteiger partial charge < -0.3 is 14.6 Å². The first-order valence-electron chi connectivity index (χ1n) is 8.58. The molecule has 3 rings (SSSR count). The van der Waals surface area contributed by atoms with E-state index in [9.17, 15) is 9.90 Å². The van der Waals surface area contributed by atoms with Crippen molar-refractivity contribution in [2.24, 2.45) is 5.92 Å². The summed E-state index contributed by atoms with van der Waals surface area (Å²) in [5.41, 5.74) is 3.16. The van der Waals surface area contributed by atoms with Crippen molar-refractivity contribution in [2.75, 3.05) is 33.4 Å². The molecule has 0 aromatic heterocycles. The molecular weight excluding hydrogens is 306 g/mol. The highest BCUT2D eigenvalue weighted by molar-refractivity contribution is 5.89. The molecule has 1 fully saturated rings. The fourth-order valence-corrected chi connectivity index (χ4v) is 3.46. The molecule has 1 atom stereocenters. The Morgan fingerprint density at radius 1 is 1.50 bits per heavy atom. The summed E-state index contributed by atoms with van der Waals surface area (Å²) >= 11 is 0. The van der Waals surface area contributed by atoms with Gasteiger partial charge in [0, 0.05) is 26.1 Å². The normalized spacial score (nSPS) is 25.6. The first-order valence-corrected chi connectivity index (χ1v) is 8.58. The third-order valence-corrected chi connectivity index (χ3v) is 4.93. The number of rotatable bonds is 5. The van der Waals surface area contributed by atoms with Gasteiger partial charge in [-0.3, -0.25) is 4.90 Å². The molecule has 0 radical (unpaired) electrons. The molecule has 1 N–H and O–H groups in total. The maximum Gasteiger partial charge on any atom is 0.338 e. The molecule has 1 unspecified atom stereocenters. The maximum atomic E-state index is 11.9. The van der Waals surface area contributed by atoms with Crippen LogP contribution in [0.2, 0.25) is 0 Å². The second-order valence-electron chi connectivity index (χ2n) is 6.41. The van der Waals surface area contributed by atoms with E-state index in [0.29, 0.717) is 31.1 Å². The number of ether oxygens (including phenoxy) is 2. The van der Waals surface area contributed by atoms with Gasteiger partial charge in [-0.25, -0.2) is 4.79 Å². The number of methoxy groups -OCH3 is 1. The maximum absolute atomic E-state index is 11.9. The van der Waals surface area contributed by atoms with Gasteiger partial charge in [0.1, 0.15) is 11.5 Å². The first kappa shape index (κ1) is 16.8. The molecule has 5 heteroatoms. The summed E-state index contributed by atoms with van der Waals surface area (Å²) in [6.07, 6.45) is 9.19. The number of nitrogens with zero attached hydrogens (tertiary/aromatic N) is 1. The molecule has 2 aliphatic carbocycles. The van der Waals surface area contributed by atoms with E-state index in [1.54, 1.807) is 14.0 Å². The van der Waals surface area contributed by atoms with Gasteiger partial charge in [-0.1, -0.05) is 6.08 Å². The lowest BCUT2D eigenvalue weighted by Crippen LogP contribution is -2.35. The minimum Gasteiger partial charge on any atom is -0.512 e. The highest BCUT2D eigenvalue weighted by Crippen LogP contribution is 2.44. The number of esters is 1. The average molecular weight is 331 g/mol. The molecular formula is C19H25NO4. The van der Waals surface area contributed by atoms with Crippen LogP contribution in [0.5, 0.6) is 0 Å². The van der Waals surface area contributed by atoms with Crippen molar-refractivity contribution in [1.29, 1.82) is 0 Å². The topological polar surface area (TPSA) is 59.0 Å². The summed E-state index contributed by atoms with van der Waals surface area (Å²) in [4.78, 5) is 14.1. The molecule has 0 bridgehead atoms. The van der Waals surface area contributed by atoms with Gasteiger partial charge >= 0.3 is 5.97 Å². The Morgan fingerprint density at radius 2 is 2.33 bits per heavy atom. The van der Waals surface area contributed by atoms with Gasteiger partial charge in [0.25, 0.3) is 0 Å². The van der Waals surface area contributed by atoms with Crippen LogP contribution in [0.3, 0.4) is 0 Å². The molecule has 130 valence electrons. The Balaban J connectivity index is 1.61. The summed E-state index contributed by atoms with van der Waals surface area (Å²) < 4.78 is 10.3. The number of hydrogen-bond donors (Lipinski definition) is 1. The molecule has 1 saturated carbocycles. The highest BCUT2D eigenvalue weighted by Gasteiger charge is 2.31. The van der Waals surface area contributed by atoms with E-state index < -0.39 is 5.97 Å². The van der Waals surface area contributed by atoms with Crippen LogP contribution in [0.1, 0.15) is 26.2 Å². The number of allylic oxidation sites excluding steroid dienone is 4. The number of hydrogen-bond acceptors (Lipinski definition) is 5. The quantitative estimate of drug-likeness (QED) is 0.785. The Labute approximate surface area is 142 Å². The molecule has 0 saturated heterocycles. The van der Waals surface area contributed by atoms with Crippen LogP contribution < -0.4 is 0 Å². The summed E-state index contributed by atoms with van der Waals surface area (Å²) in [7, 11) is 1.70. The van der Waals surface area contributed by atoms with Crippen molar-refractivity contribution in [3.05, 3.63) is 46.5 Å². The standard InChI is InChI=1S/C19H25NO4/c1-3-24-19(22)17-12-20(9-7-18(17)21)8-6-14-10-13-4-5-15(23-2)11-16(13)14/h5-6,11,13,21H,3-4,7-10,12H2,1-2H3. The predicted molar refractivity (Wildman–Crippen MR) is 91.3 cm³/mol. The number of fused-ring (bicyclic) bond motifs is 1. The van der Waals surface area contributed by atoms with Gasteiger partial charge in [0.2, 0.25) is 0 Å². The number of carbonyl (C=O) groups is 1. The minimum absolute atomic E-state index is 0.172. The Hall–Kier alpha value is -2.01. The molecule has 0 aromatic carbocycles. The number of aliphatic hydroxyl groups is 1. The number of aliphatic hydroxyl groups excluding tert-OH is 1. The minimum atomic E-state index is -0.402. The van der Waals surface area contributed by atoms with Crippen molar-refractivity contribution in [1.82, 2.24) is 4.90 Å². The molecule has 5 nitrogen and oxygen atoms in total.